The number of amides is 1. The lowest BCUT2D eigenvalue weighted by Crippen LogP contribution is -2.13. The van der Waals surface area contributed by atoms with Gasteiger partial charge in [0.1, 0.15) is 11.3 Å². The van der Waals surface area contributed by atoms with Crippen LogP contribution in [-0.2, 0) is 6.18 Å². The number of carbonyl (C=O) groups is 1. The van der Waals surface area contributed by atoms with Crippen molar-refractivity contribution in [2.75, 3.05) is 5.32 Å². The number of aromatic nitrogens is 4. The summed E-state index contributed by atoms with van der Waals surface area (Å²) in [4.78, 5) is 24.5. The van der Waals surface area contributed by atoms with E-state index in [1.807, 2.05) is 41.7 Å². The molecule has 6 nitrogen and oxygen atoms in total. The van der Waals surface area contributed by atoms with Gasteiger partial charge >= 0.3 is 6.18 Å². The Balaban J connectivity index is 1.32. The van der Waals surface area contributed by atoms with Gasteiger partial charge in [0.15, 0.2) is 0 Å². The highest BCUT2D eigenvalue weighted by molar-refractivity contribution is 6.03. The fraction of sp³-hybridized carbons (Fsp3) is 0.0800. The third kappa shape index (κ3) is 4.27. The number of nitrogens with zero attached hydrogens (tertiary/aromatic N) is 3. The maximum Gasteiger partial charge on any atom is 0.416 e. The number of fused-ring (bicyclic) bond motifs is 2. The number of imidazole rings is 2. The van der Waals surface area contributed by atoms with Crippen molar-refractivity contribution in [3.63, 3.8) is 0 Å². The molecule has 5 aromatic rings. The zero-order valence-corrected chi connectivity index (χ0v) is 17.9. The van der Waals surface area contributed by atoms with Gasteiger partial charge in [0.2, 0.25) is 5.95 Å². The Kier molecular flexibility index (Phi) is 5.16. The summed E-state index contributed by atoms with van der Waals surface area (Å²) in [5.74, 6) is -0.0952. The lowest BCUT2D eigenvalue weighted by atomic mass is 10.1. The highest BCUT2D eigenvalue weighted by Gasteiger charge is 2.29. The highest BCUT2D eigenvalue weighted by atomic mass is 19.4. The van der Waals surface area contributed by atoms with Gasteiger partial charge in [-0.05, 0) is 54.4 Å². The lowest BCUT2D eigenvalue weighted by Gasteiger charge is -2.05. The van der Waals surface area contributed by atoms with Crippen molar-refractivity contribution in [1.29, 1.82) is 0 Å². The van der Waals surface area contributed by atoms with E-state index in [1.54, 1.807) is 24.4 Å². The first kappa shape index (κ1) is 21.4. The van der Waals surface area contributed by atoms with Crippen molar-refractivity contribution in [3.05, 3.63) is 94.9 Å². The van der Waals surface area contributed by atoms with Gasteiger partial charge in [0.05, 0.1) is 16.6 Å². The number of H-pyrrole nitrogens is 1. The van der Waals surface area contributed by atoms with Gasteiger partial charge in [-0.3, -0.25) is 10.1 Å². The van der Waals surface area contributed by atoms with Crippen LogP contribution in [0.1, 0.15) is 32.9 Å². The molecule has 0 saturated heterocycles. The molecule has 0 radical (unpaired) electrons. The first-order valence-electron chi connectivity index (χ1n) is 10.4. The number of aromatic amines is 1. The predicted molar refractivity (Wildman–Crippen MR) is 124 cm³/mol. The van der Waals surface area contributed by atoms with Gasteiger partial charge in [-0.1, -0.05) is 36.4 Å². The number of aryl methyl sites for hydroxylation is 1. The van der Waals surface area contributed by atoms with E-state index >= 15 is 0 Å². The van der Waals surface area contributed by atoms with Crippen LogP contribution < -0.4 is 5.32 Å². The van der Waals surface area contributed by atoms with Crippen LogP contribution in [0.5, 0.6) is 0 Å². The third-order valence-corrected chi connectivity index (χ3v) is 5.37. The van der Waals surface area contributed by atoms with Crippen molar-refractivity contribution in [1.82, 2.24) is 19.4 Å². The molecule has 0 spiro atoms. The Morgan fingerprint density at radius 1 is 1.00 bits per heavy atom. The van der Waals surface area contributed by atoms with Crippen LogP contribution in [0.2, 0.25) is 0 Å². The number of alkyl halides is 3. The standard InChI is InChI=1S/C25H18F3N5O/c1-15-3-2-4-22-29-21(14-33(15)22)23(34)32-24-30-19-12-9-17(13-20(19)31-24)6-5-16-7-10-18(11-8-16)25(26,27)28/h2-14H,1H3,(H2,30,31,32,34). The molecule has 34 heavy (non-hydrogen) atoms. The first-order chi connectivity index (χ1) is 16.3. The summed E-state index contributed by atoms with van der Waals surface area (Å²) in [6.07, 6.45) is 0.837. The molecule has 3 aromatic heterocycles. The summed E-state index contributed by atoms with van der Waals surface area (Å²) in [7, 11) is 0. The van der Waals surface area contributed by atoms with Crippen LogP contribution in [0, 0.1) is 6.92 Å². The molecule has 9 heteroatoms. The van der Waals surface area contributed by atoms with E-state index in [1.165, 1.54) is 12.1 Å². The lowest BCUT2D eigenvalue weighted by molar-refractivity contribution is -0.137. The maximum absolute atomic E-state index is 12.7. The van der Waals surface area contributed by atoms with Gasteiger partial charge in [0, 0.05) is 11.9 Å². The van der Waals surface area contributed by atoms with E-state index in [-0.39, 0.29) is 17.5 Å². The molecule has 0 saturated carbocycles. The van der Waals surface area contributed by atoms with Crippen LogP contribution in [0.25, 0.3) is 28.8 Å². The summed E-state index contributed by atoms with van der Waals surface area (Å²) in [6, 6.07) is 16.0. The second-order valence-electron chi connectivity index (χ2n) is 7.79. The molecular formula is C25H18F3N5O. The fourth-order valence-electron chi connectivity index (χ4n) is 3.60. The topological polar surface area (TPSA) is 75.1 Å². The number of carbonyl (C=O) groups excluding carboxylic acids is 1. The minimum absolute atomic E-state index is 0.273. The van der Waals surface area contributed by atoms with Gasteiger partial charge in [-0.25, -0.2) is 9.97 Å². The maximum atomic E-state index is 12.7. The molecule has 0 fully saturated rings. The summed E-state index contributed by atoms with van der Waals surface area (Å²) in [6.45, 7) is 1.93. The number of hydrogen-bond acceptors (Lipinski definition) is 3. The number of nitrogens with one attached hydrogen (secondary N) is 2. The van der Waals surface area contributed by atoms with Gasteiger partial charge in [0.25, 0.3) is 5.91 Å². The minimum atomic E-state index is -4.36. The average Bonchev–Trinajstić information content (AvgIpc) is 3.41. The molecule has 3 heterocycles. The number of halogens is 3. The van der Waals surface area contributed by atoms with E-state index in [9.17, 15) is 18.0 Å². The Labute approximate surface area is 191 Å². The molecule has 2 N–H and O–H groups in total. The number of rotatable bonds is 4. The van der Waals surface area contributed by atoms with E-state index in [0.29, 0.717) is 22.2 Å². The van der Waals surface area contributed by atoms with Crippen LogP contribution in [-0.4, -0.2) is 25.3 Å². The molecule has 0 aliphatic rings. The molecular weight excluding hydrogens is 443 g/mol. The third-order valence-electron chi connectivity index (χ3n) is 5.37. The van der Waals surface area contributed by atoms with Gasteiger partial charge in [-0.2, -0.15) is 13.2 Å². The molecule has 0 atom stereocenters. The van der Waals surface area contributed by atoms with Crippen molar-refractivity contribution in [2.24, 2.45) is 0 Å². The zero-order chi connectivity index (χ0) is 23.9. The second-order valence-corrected chi connectivity index (χ2v) is 7.79. The molecule has 0 aliphatic carbocycles. The van der Waals surface area contributed by atoms with Crippen molar-refractivity contribution < 1.29 is 18.0 Å². The van der Waals surface area contributed by atoms with Crippen LogP contribution >= 0.6 is 0 Å². The monoisotopic (exact) mass is 461 g/mol. The predicted octanol–water partition coefficient (Wildman–Crippen LogP) is 5.96. The molecule has 0 bridgehead atoms. The fourth-order valence-corrected chi connectivity index (χ4v) is 3.60. The van der Waals surface area contributed by atoms with Crippen molar-refractivity contribution >= 4 is 40.7 Å². The Bertz CT molecular complexity index is 1540. The minimum Gasteiger partial charge on any atom is -0.324 e. The largest absolute Gasteiger partial charge is 0.416 e. The average molecular weight is 461 g/mol. The summed E-state index contributed by atoms with van der Waals surface area (Å²) >= 11 is 0. The van der Waals surface area contributed by atoms with E-state index in [0.717, 1.165) is 23.4 Å². The number of benzene rings is 2. The molecule has 5 rings (SSSR count). The summed E-state index contributed by atoms with van der Waals surface area (Å²) < 4.78 is 39.9. The Hall–Kier alpha value is -4.40. The Morgan fingerprint density at radius 3 is 2.47 bits per heavy atom. The first-order valence-corrected chi connectivity index (χ1v) is 10.4. The normalized spacial score (nSPS) is 12.1. The molecule has 0 unspecified atom stereocenters. The quantitative estimate of drug-likeness (QED) is 0.324. The molecule has 0 aliphatic heterocycles. The van der Waals surface area contributed by atoms with E-state index in [4.69, 9.17) is 0 Å². The van der Waals surface area contributed by atoms with Gasteiger partial charge in [-0.15, -0.1) is 0 Å². The van der Waals surface area contributed by atoms with Crippen molar-refractivity contribution in [3.8, 4) is 0 Å². The Morgan fingerprint density at radius 2 is 1.74 bits per heavy atom. The van der Waals surface area contributed by atoms with Crippen LogP contribution in [0.4, 0.5) is 19.1 Å². The molecule has 2 aromatic carbocycles. The number of pyridine rings is 1. The van der Waals surface area contributed by atoms with Crippen LogP contribution in [0.3, 0.4) is 0 Å². The second kappa shape index (κ2) is 8.18. The SMILES string of the molecule is Cc1cccc2nc(C(=O)Nc3nc4ccc(C=Cc5ccc(C(F)(F)F)cc5)cc4[nH]3)cn12. The number of hydrogen-bond donors (Lipinski definition) is 2. The number of anilines is 1. The van der Waals surface area contributed by atoms with Crippen LogP contribution in [0.15, 0.2) is 66.9 Å². The molecule has 170 valence electrons. The van der Waals surface area contributed by atoms with E-state index < -0.39 is 11.7 Å². The van der Waals surface area contributed by atoms with Crippen molar-refractivity contribution in [2.45, 2.75) is 13.1 Å². The smallest absolute Gasteiger partial charge is 0.324 e. The zero-order valence-electron chi connectivity index (χ0n) is 17.9. The van der Waals surface area contributed by atoms with E-state index in [2.05, 4.69) is 20.3 Å². The van der Waals surface area contributed by atoms with Gasteiger partial charge < -0.3 is 9.38 Å². The summed E-state index contributed by atoms with van der Waals surface area (Å²) in [5.41, 5.74) is 4.07. The molecule has 1 amide bonds. The summed E-state index contributed by atoms with van der Waals surface area (Å²) in [5, 5.41) is 2.73. The highest BCUT2D eigenvalue weighted by Crippen LogP contribution is 2.29.